The molecule has 1 atom stereocenters. The topological polar surface area (TPSA) is 40.9 Å². The summed E-state index contributed by atoms with van der Waals surface area (Å²) in [5, 5.41) is 7.16. The molecule has 1 aromatic rings. The number of halogens is 2. The van der Waals surface area contributed by atoms with Crippen LogP contribution in [0.4, 0.5) is 4.39 Å². The van der Waals surface area contributed by atoms with Gasteiger partial charge in [0.2, 0.25) is 0 Å². The maximum Gasteiger partial charge on any atom is 0.293 e. The summed E-state index contributed by atoms with van der Waals surface area (Å²) in [4.78, 5) is 10.7. The van der Waals surface area contributed by atoms with Crippen molar-refractivity contribution in [2.45, 2.75) is 5.67 Å². The molecule has 0 aliphatic carbocycles. The number of benzene rings is 1. The van der Waals surface area contributed by atoms with Gasteiger partial charge in [0.15, 0.2) is 0 Å². The highest BCUT2D eigenvalue weighted by Gasteiger charge is 2.39. The second kappa shape index (κ2) is 3.55. The zero-order valence-corrected chi connectivity index (χ0v) is 7.25. The second-order valence-electron chi connectivity index (χ2n) is 2.41. The van der Waals surface area contributed by atoms with E-state index in [4.69, 9.17) is 16.9 Å². The van der Waals surface area contributed by atoms with Crippen molar-refractivity contribution in [3.8, 4) is 6.07 Å². The third kappa shape index (κ3) is 1.68. The molecule has 0 aliphatic rings. The van der Waals surface area contributed by atoms with Crippen LogP contribution in [0.3, 0.4) is 0 Å². The van der Waals surface area contributed by atoms with Crippen molar-refractivity contribution in [1.82, 2.24) is 0 Å². The first-order valence-electron chi connectivity index (χ1n) is 3.47. The van der Waals surface area contributed by atoms with Crippen LogP contribution in [0.25, 0.3) is 0 Å². The van der Waals surface area contributed by atoms with Gasteiger partial charge in [0.05, 0.1) is 0 Å². The summed E-state index contributed by atoms with van der Waals surface area (Å²) >= 11 is 4.98. The highest BCUT2D eigenvalue weighted by atomic mass is 35.5. The van der Waals surface area contributed by atoms with Gasteiger partial charge in [-0.3, -0.25) is 4.79 Å². The fourth-order valence-corrected chi connectivity index (χ4v) is 1.04. The molecule has 13 heavy (non-hydrogen) atoms. The quantitative estimate of drug-likeness (QED) is 0.682. The zero-order valence-electron chi connectivity index (χ0n) is 6.50. The molecule has 1 rings (SSSR count). The highest BCUT2D eigenvalue weighted by Crippen LogP contribution is 2.27. The Morgan fingerprint density at radius 3 is 2.38 bits per heavy atom. The molecule has 0 saturated heterocycles. The van der Waals surface area contributed by atoms with E-state index in [1.807, 2.05) is 0 Å². The van der Waals surface area contributed by atoms with Crippen LogP contribution in [0.15, 0.2) is 30.3 Å². The van der Waals surface area contributed by atoms with E-state index in [0.717, 1.165) is 0 Å². The molecule has 1 aromatic carbocycles. The van der Waals surface area contributed by atoms with Gasteiger partial charge in [-0.15, -0.1) is 0 Å². The van der Waals surface area contributed by atoms with Gasteiger partial charge >= 0.3 is 0 Å². The van der Waals surface area contributed by atoms with Crippen LogP contribution in [0, 0.1) is 11.3 Å². The zero-order chi connectivity index (χ0) is 9.90. The van der Waals surface area contributed by atoms with Gasteiger partial charge in [-0.05, 0) is 11.6 Å². The summed E-state index contributed by atoms with van der Waals surface area (Å²) in [6.07, 6.45) is 0. The van der Waals surface area contributed by atoms with Crippen molar-refractivity contribution >= 4 is 16.8 Å². The van der Waals surface area contributed by atoms with Crippen molar-refractivity contribution in [3.05, 3.63) is 35.9 Å². The molecule has 0 N–H and O–H groups in total. The largest absolute Gasteiger partial charge is 0.293 e. The highest BCUT2D eigenvalue weighted by molar-refractivity contribution is 6.65. The van der Waals surface area contributed by atoms with Crippen LogP contribution in [0.1, 0.15) is 5.56 Å². The van der Waals surface area contributed by atoms with Crippen LogP contribution in [-0.4, -0.2) is 5.24 Å². The number of alkyl halides is 1. The number of nitriles is 1. The molecule has 0 aliphatic heterocycles. The van der Waals surface area contributed by atoms with Gasteiger partial charge in [-0.2, -0.15) is 5.26 Å². The molecule has 0 amide bonds. The Bertz CT molecular complexity index is 360. The third-order valence-corrected chi connectivity index (χ3v) is 1.86. The van der Waals surface area contributed by atoms with E-state index in [1.54, 1.807) is 6.07 Å². The van der Waals surface area contributed by atoms with Gasteiger partial charge in [0.25, 0.3) is 10.9 Å². The molecule has 2 nitrogen and oxygen atoms in total. The molecule has 0 aromatic heterocycles. The minimum atomic E-state index is -2.73. The normalized spacial score (nSPS) is 14.2. The predicted molar refractivity (Wildman–Crippen MR) is 45.7 cm³/mol. The predicted octanol–water partition coefficient (Wildman–Crippen LogP) is 2.14. The summed E-state index contributed by atoms with van der Waals surface area (Å²) in [7, 11) is 0. The van der Waals surface area contributed by atoms with Crippen molar-refractivity contribution in [2.24, 2.45) is 0 Å². The molecular formula is C9H5ClFNO. The maximum atomic E-state index is 13.5. The van der Waals surface area contributed by atoms with E-state index in [0.29, 0.717) is 0 Å². The van der Waals surface area contributed by atoms with Crippen LogP contribution >= 0.6 is 11.6 Å². The van der Waals surface area contributed by atoms with Crippen molar-refractivity contribution in [2.75, 3.05) is 0 Å². The fourth-order valence-electron chi connectivity index (χ4n) is 0.890. The van der Waals surface area contributed by atoms with Crippen molar-refractivity contribution < 1.29 is 9.18 Å². The number of rotatable bonds is 2. The Balaban J connectivity index is 3.21. The first kappa shape index (κ1) is 9.69. The average molecular weight is 198 g/mol. The number of hydrogen-bond donors (Lipinski definition) is 0. The second-order valence-corrected chi connectivity index (χ2v) is 2.75. The van der Waals surface area contributed by atoms with E-state index < -0.39 is 10.9 Å². The molecule has 0 spiro atoms. The summed E-state index contributed by atoms with van der Waals surface area (Å²) in [5.41, 5.74) is -2.78. The van der Waals surface area contributed by atoms with Crippen LogP contribution in [0.5, 0.6) is 0 Å². The van der Waals surface area contributed by atoms with Crippen molar-refractivity contribution in [3.63, 3.8) is 0 Å². The Morgan fingerprint density at radius 2 is 2.00 bits per heavy atom. The monoisotopic (exact) mass is 197 g/mol. The minimum Gasteiger partial charge on any atom is -0.276 e. The van der Waals surface area contributed by atoms with Gasteiger partial charge < -0.3 is 0 Å². The first-order valence-corrected chi connectivity index (χ1v) is 3.84. The van der Waals surface area contributed by atoms with Crippen LogP contribution in [0.2, 0.25) is 0 Å². The Morgan fingerprint density at radius 1 is 1.46 bits per heavy atom. The Labute approximate surface area is 79.5 Å². The standard InChI is InChI=1S/C9H5ClFNO/c10-8(13)9(11,6-12)7-4-2-1-3-5-7/h1-5H. The van der Waals surface area contributed by atoms with E-state index in [-0.39, 0.29) is 5.56 Å². The Hall–Kier alpha value is -1.40. The number of carbonyl (C=O) groups excluding carboxylic acids is 1. The Kier molecular flexibility index (Phi) is 2.64. The summed E-state index contributed by atoms with van der Waals surface area (Å²) in [5.74, 6) is 0. The lowest BCUT2D eigenvalue weighted by Gasteiger charge is -2.11. The summed E-state index contributed by atoms with van der Waals surface area (Å²) < 4.78 is 13.5. The molecule has 0 radical (unpaired) electrons. The summed E-state index contributed by atoms with van der Waals surface area (Å²) in [6.45, 7) is 0. The van der Waals surface area contributed by atoms with Gasteiger partial charge in [0, 0.05) is 5.56 Å². The molecule has 0 fully saturated rings. The lowest BCUT2D eigenvalue weighted by molar-refractivity contribution is -0.119. The van der Waals surface area contributed by atoms with E-state index >= 15 is 0 Å². The molecule has 0 bridgehead atoms. The molecule has 0 saturated carbocycles. The number of carbonyl (C=O) groups is 1. The number of nitrogens with zero attached hydrogens (tertiary/aromatic N) is 1. The molecule has 66 valence electrons. The molecule has 4 heteroatoms. The molecule has 0 heterocycles. The minimum absolute atomic E-state index is 0.0440. The molecule has 1 unspecified atom stereocenters. The molecular weight excluding hydrogens is 193 g/mol. The smallest absolute Gasteiger partial charge is 0.276 e. The lowest BCUT2D eigenvalue weighted by Crippen LogP contribution is -2.24. The first-order chi connectivity index (χ1) is 6.11. The van der Waals surface area contributed by atoms with Crippen molar-refractivity contribution in [1.29, 1.82) is 5.26 Å². The van der Waals surface area contributed by atoms with E-state index in [9.17, 15) is 9.18 Å². The number of hydrogen-bond acceptors (Lipinski definition) is 2. The SMILES string of the molecule is N#CC(F)(C(=O)Cl)c1ccccc1. The van der Waals surface area contributed by atoms with Crippen LogP contribution < -0.4 is 0 Å². The average Bonchev–Trinajstić information content (AvgIpc) is 2.17. The third-order valence-electron chi connectivity index (χ3n) is 1.60. The van der Waals surface area contributed by atoms with Gasteiger partial charge in [0.1, 0.15) is 6.07 Å². The van der Waals surface area contributed by atoms with E-state index in [2.05, 4.69) is 0 Å². The lowest BCUT2D eigenvalue weighted by atomic mass is 9.99. The van der Waals surface area contributed by atoms with E-state index in [1.165, 1.54) is 30.3 Å². The van der Waals surface area contributed by atoms with Gasteiger partial charge in [-0.1, -0.05) is 30.3 Å². The van der Waals surface area contributed by atoms with Gasteiger partial charge in [-0.25, -0.2) is 4.39 Å². The fraction of sp³-hybridized carbons (Fsp3) is 0.111. The summed E-state index contributed by atoms with van der Waals surface area (Å²) in [6, 6.07) is 8.63. The van der Waals surface area contributed by atoms with Crippen LogP contribution in [-0.2, 0) is 10.5 Å². The maximum absolute atomic E-state index is 13.5.